The third-order valence-corrected chi connectivity index (χ3v) is 2.97. The number of rotatable bonds is 2. The maximum atomic E-state index is 11.9. The fourth-order valence-corrected chi connectivity index (χ4v) is 2.05. The molecule has 0 aliphatic carbocycles. The number of amides is 1. The largest absolute Gasteiger partial charge is 0.478 e. The molecule has 0 spiro atoms. The fourth-order valence-electron chi connectivity index (χ4n) is 2.05. The van der Waals surface area contributed by atoms with E-state index >= 15 is 0 Å². The van der Waals surface area contributed by atoms with Gasteiger partial charge < -0.3 is 15.4 Å². The van der Waals surface area contributed by atoms with E-state index in [1.54, 1.807) is 18.3 Å². The van der Waals surface area contributed by atoms with Crippen LogP contribution in [0.25, 0.3) is 11.6 Å². The Morgan fingerprint density at radius 2 is 2.11 bits per heavy atom. The molecule has 0 saturated carbocycles. The first-order valence-electron chi connectivity index (χ1n) is 5.69. The van der Waals surface area contributed by atoms with Crippen molar-refractivity contribution in [2.75, 3.05) is 5.32 Å². The molecule has 5 heteroatoms. The molecule has 2 heterocycles. The Balaban J connectivity index is 2.12. The van der Waals surface area contributed by atoms with Crippen LogP contribution in [0.3, 0.4) is 0 Å². The summed E-state index contributed by atoms with van der Waals surface area (Å²) in [5.41, 5.74) is 2.65. The van der Waals surface area contributed by atoms with Crippen molar-refractivity contribution in [2.45, 2.75) is 0 Å². The van der Waals surface area contributed by atoms with Crippen LogP contribution in [-0.4, -0.2) is 22.0 Å². The van der Waals surface area contributed by atoms with E-state index in [1.807, 2.05) is 12.1 Å². The lowest BCUT2D eigenvalue weighted by Gasteiger charge is -2.00. The molecule has 94 valence electrons. The SMILES string of the molecule is O=C1Nc2ccc(C(=O)O)cc2C1=Cc1ccc[nH]1. The molecule has 0 radical (unpaired) electrons. The van der Waals surface area contributed by atoms with Gasteiger partial charge in [0.25, 0.3) is 5.91 Å². The Morgan fingerprint density at radius 3 is 2.79 bits per heavy atom. The number of nitrogens with one attached hydrogen (secondary N) is 2. The Kier molecular flexibility index (Phi) is 2.45. The van der Waals surface area contributed by atoms with Gasteiger partial charge in [-0.25, -0.2) is 4.79 Å². The predicted molar refractivity (Wildman–Crippen MR) is 70.7 cm³/mol. The number of aromatic nitrogens is 1. The third kappa shape index (κ3) is 1.91. The van der Waals surface area contributed by atoms with Crippen molar-refractivity contribution in [3.8, 4) is 0 Å². The van der Waals surface area contributed by atoms with Crippen LogP contribution in [-0.2, 0) is 4.79 Å². The van der Waals surface area contributed by atoms with Crippen molar-refractivity contribution in [3.05, 3.63) is 53.3 Å². The number of carbonyl (C=O) groups is 2. The lowest BCUT2D eigenvalue weighted by Crippen LogP contribution is -2.03. The van der Waals surface area contributed by atoms with Crippen LogP contribution in [0.15, 0.2) is 36.5 Å². The maximum absolute atomic E-state index is 11.9. The van der Waals surface area contributed by atoms with Gasteiger partial charge in [0.1, 0.15) is 0 Å². The average molecular weight is 254 g/mol. The van der Waals surface area contributed by atoms with Gasteiger partial charge >= 0.3 is 5.97 Å². The van der Waals surface area contributed by atoms with Gasteiger partial charge in [0.05, 0.1) is 11.1 Å². The van der Waals surface area contributed by atoms with Gasteiger partial charge in [0, 0.05) is 23.1 Å². The highest BCUT2D eigenvalue weighted by atomic mass is 16.4. The summed E-state index contributed by atoms with van der Waals surface area (Å²) in [5.74, 6) is -1.24. The minimum Gasteiger partial charge on any atom is -0.478 e. The molecule has 0 saturated heterocycles. The fraction of sp³-hybridized carbons (Fsp3) is 0. The molecule has 1 aromatic carbocycles. The Labute approximate surface area is 108 Å². The van der Waals surface area contributed by atoms with Gasteiger partial charge in [-0.3, -0.25) is 4.79 Å². The summed E-state index contributed by atoms with van der Waals surface area (Å²) < 4.78 is 0. The normalized spacial score (nSPS) is 15.4. The number of anilines is 1. The Bertz CT molecular complexity index is 699. The van der Waals surface area contributed by atoms with Gasteiger partial charge in [0.2, 0.25) is 0 Å². The van der Waals surface area contributed by atoms with Crippen molar-refractivity contribution < 1.29 is 14.7 Å². The van der Waals surface area contributed by atoms with Gasteiger partial charge in [-0.2, -0.15) is 0 Å². The van der Waals surface area contributed by atoms with E-state index in [2.05, 4.69) is 10.3 Å². The number of aromatic amines is 1. The molecular formula is C14H10N2O3. The molecular weight excluding hydrogens is 244 g/mol. The van der Waals surface area contributed by atoms with Gasteiger partial charge in [-0.15, -0.1) is 0 Å². The number of hydrogen-bond donors (Lipinski definition) is 3. The third-order valence-electron chi connectivity index (χ3n) is 2.97. The van der Waals surface area contributed by atoms with Crippen molar-refractivity contribution in [2.24, 2.45) is 0 Å². The van der Waals surface area contributed by atoms with Crippen LogP contribution in [0.1, 0.15) is 21.6 Å². The molecule has 0 unspecified atom stereocenters. The second kappa shape index (κ2) is 4.13. The van der Waals surface area contributed by atoms with E-state index in [-0.39, 0.29) is 11.5 Å². The summed E-state index contributed by atoms with van der Waals surface area (Å²) in [6.45, 7) is 0. The van der Waals surface area contributed by atoms with Crippen molar-refractivity contribution in [1.82, 2.24) is 4.98 Å². The standard InChI is InChI=1S/C14H10N2O3/c17-13-11(7-9-2-1-5-15-9)10-6-8(14(18)19)3-4-12(10)16-13/h1-7,15H,(H,16,17)(H,18,19). The lowest BCUT2D eigenvalue weighted by molar-refractivity contribution is -0.110. The van der Waals surface area contributed by atoms with Crippen LogP contribution in [0.4, 0.5) is 5.69 Å². The smallest absolute Gasteiger partial charge is 0.335 e. The number of carbonyl (C=O) groups excluding carboxylic acids is 1. The van der Waals surface area contributed by atoms with Gasteiger partial charge in [-0.1, -0.05) is 0 Å². The van der Waals surface area contributed by atoms with Gasteiger partial charge in [0.15, 0.2) is 0 Å². The zero-order valence-corrected chi connectivity index (χ0v) is 9.81. The summed E-state index contributed by atoms with van der Waals surface area (Å²) in [7, 11) is 0. The van der Waals surface area contributed by atoms with E-state index in [1.165, 1.54) is 12.1 Å². The Morgan fingerprint density at radius 1 is 1.26 bits per heavy atom. The number of carboxylic acid groups (broad SMARTS) is 1. The molecule has 0 bridgehead atoms. The van der Waals surface area contributed by atoms with E-state index in [0.29, 0.717) is 16.8 Å². The predicted octanol–water partition coefficient (Wildman–Crippen LogP) is 2.21. The first-order valence-corrected chi connectivity index (χ1v) is 5.69. The van der Waals surface area contributed by atoms with Crippen LogP contribution in [0.2, 0.25) is 0 Å². The molecule has 3 N–H and O–H groups in total. The summed E-state index contributed by atoms with van der Waals surface area (Å²) >= 11 is 0. The van der Waals surface area contributed by atoms with Crippen LogP contribution in [0, 0.1) is 0 Å². The average Bonchev–Trinajstić information content (AvgIpc) is 2.98. The minimum atomic E-state index is -1.01. The van der Waals surface area contributed by atoms with Gasteiger partial charge in [-0.05, 0) is 36.4 Å². The summed E-state index contributed by atoms with van der Waals surface area (Å²) in [4.78, 5) is 25.9. The number of H-pyrrole nitrogens is 1. The second-order valence-electron chi connectivity index (χ2n) is 4.20. The number of benzene rings is 1. The van der Waals surface area contributed by atoms with E-state index in [4.69, 9.17) is 5.11 Å². The molecule has 1 amide bonds. The summed E-state index contributed by atoms with van der Waals surface area (Å²) in [6.07, 6.45) is 3.46. The second-order valence-corrected chi connectivity index (χ2v) is 4.20. The molecule has 0 fully saturated rings. The number of fused-ring (bicyclic) bond motifs is 1. The molecule has 3 rings (SSSR count). The first-order chi connectivity index (χ1) is 9.15. The van der Waals surface area contributed by atoms with E-state index < -0.39 is 5.97 Å². The number of aromatic carboxylic acids is 1. The van der Waals surface area contributed by atoms with Crippen LogP contribution in [0.5, 0.6) is 0 Å². The molecule has 1 aromatic heterocycles. The molecule has 1 aliphatic rings. The molecule has 0 atom stereocenters. The summed E-state index contributed by atoms with van der Waals surface area (Å²) in [6, 6.07) is 8.24. The van der Waals surface area contributed by atoms with E-state index in [9.17, 15) is 9.59 Å². The monoisotopic (exact) mass is 254 g/mol. The van der Waals surface area contributed by atoms with Crippen LogP contribution < -0.4 is 5.32 Å². The highest BCUT2D eigenvalue weighted by Gasteiger charge is 2.25. The highest BCUT2D eigenvalue weighted by Crippen LogP contribution is 2.33. The van der Waals surface area contributed by atoms with Crippen LogP contribution >= 0.6 is 0 Å². The van der Waals surface area contributed by atoms with Crippen molar-refractivity contribution >= 4 is 29.2 Å². The zero-order valence-electron chi connectivity index (χ0n) is 9.81. The van der Waals surface area contributed by atoms with Crippen molar-refractivity contribution in [1.29, 1.82) is 0 Å². The number of carboxylic acids is 1. The minimum absolute atomic E-state index is 0.160. The molecule has 5 nitrogen and oxygen atoms in total. The highest BCUT2D eigenvalue weighted by molar-refractivity contribution is 6.35. The maximum Gasteiger partial charge on any atom is 0.335 e. The molecule has 19 heavy (non-hydrogen) atoms. The number of hydrogen-bond acceptors (Lipinski definition) is 2. The lowest BCUT2D eigenvalue weighted by atomic mass is 10.0. The first kappa shape index (κ1) is 11.3. The van der Waals surface area contributed by atoms with Crippen molar-refractivity contribution in [3.63, 3.8) is 0 Å². The summed E-state index contributed by atoms with van der Waals surface area (Å²) in [5, 5.41) is 11.7. The van der Waals surface area contributed by atoms with E-state index in [0.717, 1.165) is 5.69 Å². The topological polar surface area (TPSA) is 82.2 Å². The zero-order chi connectivity index (χ0) is 13.4. The Hall–Kier alpha value is -2.82. The molecule has 2 aromatic rings. The molecule has 1 aliphatic heterocycles. The quantitative estimate of drug-likeness (QED) is 0.718.